The summed E-state index contributed by atoms with van der Waals surface area (Å²) in [7, 11) is -9.65. The van der Waals surface area contributed by atoms with Crippen LogP contribution in [-0.2, 0) is 29.7 Å². The molecule has 2 amide bonds. The molecule has 0 aromatic heterocycles. The first-order valence-electron chi connectivity index (χ1n) is 15.1. The van der Waals surface area contributed by atoms with Crippen molar-refractivity contribution < 1.29 is 35.4 Å². The fourth-order valence-electron chi connectivity index (χ4n) is 5.84. The molecule has 1 fully saturated rings. The van der Waals surface area contributed by atoms with Gasteiger partial charge in [0.15, 0.2) is 0 Å². The van der Waals surface area contributed by atoms with Crippen LogP contribution in [0.5, 0.6) is 0 Å². The van der Waals surface area contributed by atoms with Crippen LogP contribution < -0.4 is 19.6 Å². The average molecular weight is 669 g/mol. The first-order valence-corrected chi connectivity index (χ1v) is 18.0. The molecule has 0 bridgehead atoms. The summed E-state index contributed by atoms with van der Waals surface area (Å²) in [5, 5.41) is 1.43. The van der Waals surface area contributed by atoms with Crippen molar-refractivity contribution in [3.63, 3.8) is 0 Å². The van der Waals surface area contributed by atoms with Crippen molar-refractivity contribution in [3.8, 4) is 22.5 Å². The quantitative estimate of drug-likeness (QED) is 0.110. The maximum atomic E-state index is 13.2. The number of anilines is 1. The number of rotatable bonds is 11. The molecule has 1 N–H and O–H groups in total. The predicted molar refractivity (Wildman–Crippen MR) is 172 cm³/mol. The molecule has 1 aliphatic carbocycles. The summed E-state index contributed by atoms with van der Waals surface area (Å²) in [5.41, 5.74) is 2.29. The minimum atomic E-state index is -5.22. The van der Waals surface area contributed by atoms with Crippen molar-refractivity contribution in [2.75, 3.05) is 37.7 Å². The second-order valence-corrected chi connectivity index (χ2v) is 13.9. The first kappa shape index (κ1) is 33.3. The highest BCUT2D eigenvalue weighted by Gasteiger charge is 2.31. The number of fused-ring (bicyclic) bond motifs is 2. The molecule has 5 rings (SSSR count). The maximum Gasteiger partial charge on any atom is 0.242 e. The van der Waals surface area contributed by atoms with E-state index in [-0.39, 0.29) is 18.4 Å². The molecule has 0 saturated carbocycles. The van der Waals surface area contributed by atoms with Gasteiger partial charge in [-0.3, -0.25) is 14.5 Å². The van der Waals surface area contributed by atoms with Gasteiger partial charge in [-0.2, -0.15) is 4.72 Å². The van der Waals surface area contributed by atoms with Crippen LogP contribution in [0.15, 0.2) is 68.8 Å². The lowest BCUT2D eigenvalue weighted by Gasteiger charge is -2.23. The van der Waals surface area contributed by atoms with Crippen molar-refractivity contribution in [1.82, 2.24) is 14.2 Å². The van der Waals surface area contributed by atoms with E-state index in [4.69, 9.17) is 4.42 Å². The van der Waals surface area contributed by atoms with E-state index >= 15 is 0 Å². The number of nitrogens with one attached hydrogen (secondary N) is 1. The molecule has 244 valence electrons. The van der Waals surface area contributed by atoms with E-state index in [0.717, 1.165) is 48.2 Å². The molecule has 0 radical (unpaired) electrons. The molecular weight excluding hydrogens is 633 g/mol. The predicted octanol–water partition coefficient (Wildman–Crippen LogP) is 3.15. The zero-order valence-corrected chi connectivity index (χ0v) is 27.7. The van der Waals surface area contributed by atoms with E-state index in [1.165, 1.54) is 12.1 Å². The number of amides is 2. The highest BCUT2D eigenvalue weighted by Crippen LogP contribution is 2.43. The minimum absolute atomic E-state index is 0.0100. The molecule has 0 spiro atoms. The highest BCUT2D eigenvalue weighted by molar-refractivity contribution is 7.89. The van der Waals surface area contributed by atoms with Gasteiger partial charge in [0.05, 0.1) is 22.5 Å². The van der Waals surface area contributed by atoms with Gasteiger partial charge in [0.1, 0.15) is 34.6 Å². The molecule has 1 saturated heterocycles. The van der Waals surface area contributed by atoms with Gasteiger partial charge in [0.25, 0.3) is 0 Å². The Bertz CT molecular complexity index is 2080. The molecule has 0 unspecified atom stereocenters. The number of carbonyl (C=O) groups excluding carboxylic acids is 2. The zero-order valence-electron chi connectivity index (χ0n) is 26.1. The Hall–Kier alpha value is -4.11. The average Bonchev–Trinajstić information content (AvgIpc) is 3.35. The lowest BCUT2D eigenvalue weighted by molar-refractivity contribution is -0.138. The van der Waals surface area contributed by atoms with E-state index in [2.05, 4.69) is 14.2 Å². The molecule has 46 heavy (non-hydrogen) atoms. The summed E-state index contributed by atoms with van der Waals surface area (Å²) >= 11 is 0. The summed E-state index contributed by atoms with van der Waals surface area (Å²) in [6.45, 7) is 10.5. The van der Waals surface area contributed by atoms with Gasteiger partial charge in [-0.05, 0) is 58.0 Å². The largest absolute Gasteiger partial charge is 0.744 e. The van der Waals surface area contributed by atoms with Crippen LogP contribution in [0.25, 0.3) is 33.4 Å². The smallest absolute Gasteiger partial charge is 0.242 e. The van der Waals surface area contributed by atoms with Crippen molar-refractivity contribution in [2.45, 2.75) is 50.3 Å². The summed E-state index contributed by atoms with van der Waals surface area (Å²) in [6, 6.07) is 14.4. The second kappa shape index (κ2) is 12.9. The third-order valence-electron chi connectivity index (χ3n) is 8.32. The van der Waals surface area contributed by atoms with Gasteiger partial charge >= 0.3 is 0 Å². The molecular formula is C32H36N4O8S2. The molecule has 12 nitrogen and oxygen atoms in total. The number of likely N-dealkylation sites (tertiary alicyclic amines) is 1. The topological polar surface area (TPSA) is 160 Å². The van der Waals surface area contributed by atoms with Crippen molar-refractivity contribution in [1.29, 1.82) is 0 Å². The van der Waals surface area contributed by atoms with Gasteiger partial charge < -0.3 is 13.9 Å². The molecule has 2 aromatic rings. The van der Waals surface area contributed by atoms with Crippen LogP contribution in [0.1, 0.15) is 40.5 Å². The van der Waals surface area contributed by atoms with Crippen LogP contribution in [0.4, 0.5) is 5.69 Å². The fraction of sp³-hybridized carbons (Fsp3) is 0.344. The third-order valence-corrected chi connectivity index (χ3v) is 10.6. The summed E-state index contributed by atoms with van der Waals surface area (Å²) in [4.78, 5) is 25.6. The lowest BCUT2D eigenvalue weighted by atomic mass is 9.93. The second-order valence-electron chi connectivity index (χ2n) is 10.8. The van der Waals surface area contributed by atoms with E-state index in [1.807, 2.05) is 52.0 Å². The Labute approximate surface area is 268 Å². The van der Waals surface area contributed by atoms with Crippen molar-refractivity contribution in [3.05, 3.63) is 60.0 Å². The molecule has 2 aliphatic heterocycles. The standard InChI is InChI=1S/C32H36N4O8S2/c1-5-34(6-2)21-9-12-24-27(17-21)44-28-18-22(35(7-3)8-4)10-13-25(28)32(24)26-14-11-23(19-29(26)46(41,42)43)45(39,40)33-20-36-30(37)15-16-31(36)38/h9-14,17-19,33H,5-8,15-16,20H2,1-4H3. The fourth-order valence-corrected chi connectivity index (χ4v) is 7.62. The van der Waals surface area contributed by atoms with Crippen molar-refractivity contribution in [2.24, 2.45) is 0 Å². The molecule has 0 atom stereocenters. The Kier molecular flexibility index (Phi) is 9.36. The van der Waals surface area contributed by atoms with E-state index in [0.29, 0.717) is 27.9 Å². The lowest BCUT2D eigenvalue weighted by Crippen LogP contribution is -2.40. The number of imide groups is 1. The minimum Gasteiger partial charge on any atom is -0.744 e. The maximum absolute atomic E-state index is 13.2. The van der Waals surface area contributed by atoms with Crippen LogP contribution in [0.2, 0.25) is 0 Å². The first-order chi connectivity index (χ1) is 21.8. The SMILES string of the molecule is CCN(CC)c1ccc2c(-c3ccc(S(=O)(=O)NCN4C(=O)CCC4=O)cc3S(=O)(=O)[O-])c3ccc(=[N+](CC)CC)cc-3oc2c1. The molecule has 2 heterocycles. The van der Waals surface area contributed by atoms with Crippen LogP contribution in [-0.4, -0.2) is 71.0 Å². The van der Waals surface area contributed by atoms with Crippen LogP contribution in [0, 0.1) is 0 Å². The zero-order chi connectivity index (χ0) is 33.4. The Morgan fingerprint density at radius 3 is 2.13 bits per heavy atom. The Morgan fingerprint density at radius 2 is 1.52 bits per heavy atom. The normalized spacial score (nSPS) is 14.1. The summed E-state index contributed by atoms with van der Waals surface area (Å²) < 4.78 is 75.4. The Balaban J connectivity index is 1.75. The molecule has 14 heteroatoms. The number of hydrogen-bond donors (Lipinski definition) is 1. The number of hydrogen-bond acceptors (Lipinski definition) is 9. The molecule has 3 aliphatic rings. The summed E-state index contributed by atoms with van der Waals surface area (Å²) in [5.74, 6) is -0.587. The van der Waals surface area contributed by atoms with Gasteiger partial charge in [0, 0.05) is 65.8 Å². The van der Waals surface area contributed by atoms with Crippen LogP contribution in [0.3, 0.4) is 0 Å². The summed E-state index contributed by atoms with van der Waals surface area (Å²) in [6.07, 6.45) is -0.0438. The van der Waals surface area contributed by atoms with Gasteiger partial charge in [-0.25, -0.2) is 21.4 Å². The van der Waals surface area contributed by atoms with Gasteiger partial charge in [0.2, 0.25) is 27.2 Å². The van der Waals surface area contributed by atoms with E-state index in [9.17, 15) is 31.0 Å². The monoisotopic (exact) mass is 668 g/mol. The Morgan fingerprint density at radius 1 is 0.870 bits per heavy atom. The number of benzene rings is 3. The van der Waals surface area contributed by atoms with Crippen molar-refractivity contribution >= 4 is 48.6 Å². The van der Waals surface area contributed by atoms with E-state index in [1.54, 1.807) is 12.1 Å². The van der Waals surface area contributed by atoms with Crippen LogP contribution >= 0.6 is 0 Å². The van der Waals surface area contributed by atoms with Gasteiger partial charge in [-0.15, -0.1) is 0 Å². The number of carbonyl (C=O) groups is 2. The number of sulfonamides is 1. The molecule has 2 aromatic carbocycles. The number of nitrogens with zero attached hydrogens (tertiary/aromatic N) is 3. The van der Waals surface area contributed by atoms with E-state index < -0.39 is 48.4 Å². The highest BCUT2D eigenvalue weighted by atomic mass is 32.2. The third kappa shape index (κ3) is 6.30. The van der Waals surface area contributed by atoms with Gasteiger partial charge in [-0.1, -0.05) is 6.07 Å².